The lowest BCUT2D eigenvalue weighted by molar-refractivity contribution is 0.319. The van der Waals surface area contributed by atoms with Crippen molar-refractivity contribution < 1.29 is 9.62 Å². The monoisotopic (exact) mass is 472 g/mol. The van der Waals surface area contributed by atoms with Gasteiger partial charge in [0.05, 0.1) is 22.5 Å². The van der Waals surface area contributed by atoms with Gasteiger partial charge in [-0.3, -0.25) is 0 Å². The predicted molar refractivity (Wildman–Crippen MR) is 131 cm³/mol. The molecule has 2 heterocycles. The number of hydrogen-bond acceptors (Lipinski definition) is 7. The number of benzene rings is 3. The van der Waals surface area contributed by atoms with Crippen molar-refractivity contribution in [3.05, 3.63) is 95.5 Å². The number of thioether (sulfide) groups is 1. The molecule has 2 aromatic heterocycles. The molecular weight excluding hydrogens is 456 g/mol. The van der Waals surface area contributed by atoms with Crippen LogP contribution in [-0.2, 0) is 0 Å². The number of para-hydroxylation sites is 1. The van der Waals surface area contributed by atoms with E-state index in [1.807, 2.05) is 84.9 Å². The molecule has 1 N–H and O–H groups in total. The lowest BCUT2D eigenvalue weighted by Gasteiger charge is -2.07. The van der Waals surface area contributed by atoms with Gasteiger partial charge in [-0.25, -0.2) is 4.98 Å². The summed E-state index contributed by atoms with van der Waals surface area (Å²) in [6.45, 7) is 0. The Balaban J connectivity index is 1.46. The molecule has 0 fully saturated rings. The van der Waals surface area contributed by atoms with Gasteiger partial charge in [0, 0.05) is 27.3 Å². The first-order valence-electron chi connectivity index (χ1n) is 10.1. The van der Waals surface area contributed by atoms with Crippen molar-refractivity contribution in [2.24, 2.45) is 5.16 Å². The molecule has 0 aliphatic carbocycles. The lowest BCUT2D eigenvalue weighted by Crippen LogP contribution is -2.04. The number of oxime groups is 1. The third-order valence-corrected chi connectivity index (χ3v) is 6.13. The smallest absolute Gasteiger partial charge is 0.277 e. The van der Waals surface area contributed by atoms with Crippen molar-refractivity contribution in [2.45, 2.75) is 5.22 Å². The van der Waals surface area contributed by atoms with Crippen LogP contribution in [0.15, 0.2) is 99.7 Å². The highest BCUT2D eigenvalue weighted by Crippen LogP contribution is 2.33. The average molecular weight is 473 g/mol. The summed E-state index contributed by atoms with van der Waals surface area (Å²) >= 11 is 7.36. The molecule has 5 aromatic rings. The molecule has 0 saturated carbocycles. The van der Waals surface area contributed by atoms with Gasteiger partial charge < -0.3 is 9.62 Å². The average Bonchev–Trinajstić information content (AvgIpc) is 3.34. The van der Waals surface area contributed by atoms with E-state index in [9.17, 15) is 5.21 Å². The highest BCUT2D eigenvalue weighted by Gasteiger charge is 2.16. The third kappa shape index (κ3) is 4.60. The molecule has 162 valence electrons. The molecule has 3 aromatic carbocycles. The van der Waals surface area contributed by atoms with E-state index < -0.39 is 0 Å². The second-order valence-corrected chi connectivity index (χ2v) is 8.52. The van der Waals surface area contributed by atoms with Crippen molar-refractivity contribution in [1.29, 1.82) is 0 Å². The topological polar surface area (TPSA) is 84.4 Å². The van der Waals surface area contributed by atoms with Crippen LogP contribution in [0.3, 0.4) is 0 Å². The molecule has 0 saturated heterocycles. The Bertz CT molecular complexity index is 1440. The van der Waals surface area contributed by atoms with E-state index in [1.54, 1.807) is 0 Å². The van der Waals surface area contributed by atoms with Crippen molar-refractivity contribution >= 4 is 40.0 Å². The molecule has 8 heteroatoms. The van der Waals surface area contributed by atoms with Crippen molar-refractivity contribution in [2.75, 3.05) is 5.75 Å². The molecule has 0 radical (unpaired) electrons. The molecule has 33 heavy (non-hydrogen) atoms. The molecule has 0 spiro atoms. The first-order chi connectivity index (χ1) is 16.2. The quantitative estimate of drug-likeness (QED) is 0.130. The van der Waals surface area contributed by atoms with Crippen LogP contribution in [0.5, 0.6) is 0 Å². The van der Waals surface area contributed by atoms with Gasteiger partial charge in [0.25, 0.3) is 5.22 Å². The fraction of sp³-hybridized carbons (Fsp3) is 0.0400. The van der Waals surface area contributed by atoms with Gasteiger partial charge >= 0.3 is 0 Å². The first-order valence-corrected chi connectivity index (χ1v) is 11.5. The van der Waals surface area contributed by atoms with Gasteiger partial charge in [0.2, 0.25) is 5.89 Å². The molecule has 6 nitrogen and oxygen atoms in total. The van der Waals surface area contributed by atoms with Crippen LogP contribution in [0.4, 0.5) is 0 Å². The summed E-state index contributed by atoms with van der Waals surface area (Å²) in [6, 6.07) is 26.8. The number of pyridine rings is 1. The molecule has 0 aliphatic heterocycles. The minimum Gasteiger partial charge on any atom is -0.411 e. The Morgan fingerprint density at radius 1 is 0.939 bits per heavy atom. The van der Waals surface area contributed by atoms with Gasteiger partial charge in [-0.15, -0.1) is 10.2 Å². The normalized spacial score (nSPS) is 11.7. The number of fused-ring (bicyclic) bond motifs is 1. The Morgan fingerprint density at radius 3 is 2.48 bits per heavy atom. The third-order valence-electron chi connectivity index (χ3n) is 5.05. The number of aromatic nitrogens is 3. The van der Waals surface area contributed by atoms with Crippen molar-refractivity contribution in [3.63, 3.8) is 0 Å². The van der Waals surface area contributed by atoms with Crippen LogP contribution in [0.25, 0.3) is 33.6 Å². The van der Waals surface area contributed by atoms with Gasteiger partial charge in [0.15, 0.2) is 0 Å². The standard InChI is InChI=1S/C25H17ClN4O2S/c26-18-12-10-17(11-13-18)22-14-20(19-8-4-5-9-21(19)27-22)24-28-29-25(32-24)33-15-23(30-31)16-6-2-1-3-7-16/h1-14,31H,15H2/b30-23-. The molecule has 0 bridgehead atoms. The Morgan fingerprint density at radius 2 is 1.70 bits per heavy atom. The van der Waals surface area contributed by atoms with Crippen LogP contribution >= 0.6 is 23.4 Å². The van der Waals surface area contributed by atoms with Gasteiger partial charge in [-0.05, 0) is 24.3 Å². The maximum absolute atomic E-state index is 9.41. The second-order valence-electron chi connectivity index (χ2n) is 7.15. The number of rotatable bonds is 6. The minimum absolute atomic E-state index is 0.384. The molecule has 0 unspecified atom stereocenters. The van der Waals surface area contributed by atoms with Crippen molar-refractivity contribution in [3.8, 4) is 22.7 Å². The minimum atomic E-state index is 0.384. The van der Waals surface area contributed by atoms with Gasteiger partial charge in [-0.2, -0.15) is 0 Å². The second kappa shape index (κ2) is 9.44. The van der Waals surface area contributed by atoms with E-state index in [-0.39, 0.29) is 0 Å². The fourth-order valence-electron chi connectivity index (χ4n) is 3.43. The van der Waals surface area contributed by atoms with Crippen LogP contribution in [0.1, 0.15) is 5.56 Å². The summed E-state index contributed by atoms with van der Waals surface area (Å²) in [5, 5.41) is 23.3. The van der Waals surface area contributed by atoms with E-state index in [2.05, 4.69) is 15.4 Å². The summed E-state index contributed by atoms with van der Waals surface area (Å²) in [7, 11) is 0. The predicted octanol–water partition coefficient (Wildman–Crippen LogP) is 6.58. The van der Waals surface area contributed by atoms with E-state index >= 15 is 0 Å². The van der Waals surface area contributed by atoms with E-state index in [0.717, 1.165) is 33.3 Å². The number of hydrogen-bond donors (Lipinski definition) is 1. The Labute approximate surface area is 199 Å². The largest absolute Gasteiger partial charge is 0.411 e. The van der Waals surface area contributed by atoms with E-state index in [4.69, 9.17) is 21.0 Å². The van der Waals surface area contributed by atoms with Crippen LogP contribution in [0.2, 0.25) is 5.02 Å². The zero-order valence-corrected chi connectivity index (χ0v) is 18.8. The van der Waals surface area contributed by atoms with Crippen molar-refractivity contribution in [1.82, 2.24) is 15.2 Å². The number of nitrogens with zero attached hydrogens (tertiary/aromatic N) is 4. The van der Waals surface area contributed by atoms with Crippen LogP contribution in [-0.4, -0.2) is 31.9 Å². The Kier molecular flexibility index (Phi) is 6.06. The van der Waals surface area contributed by atoms with E-state index in [1.165, 1.54) is 11.8 Å². The SMILES string of the molecule is O/N=C(/CSc1nnc(-c2cc(-c3ccc(Cl)cc3)nc3ccccc23)o1)c1ccccc1. The van der Waals surface area contributed by atoms with Crippen LogP contribution < -0.4 is 0 Å². The summed E-state index contributed by atoms with van der Waals surface area (Å²) in [5.74, 6) is 0.781. The summed E-state index contributed by atoms with van der Waals surface area (Å²) in [6.07, 6.45) is 0. The van der Waals surface area contributed by atoms with E-state index in [0.29, 0.717) is 27.6 Å². The molecular formula is C25H17ClN4O2S. The zero-order chi connectivity index (χ0) is 22.6. The molecule has 0 aliphatic rings. The lowest BCUT2D eigenvalue weighted by atomic mass is 10.0. The maximum atomic E-state index is 9.41. The summed E-state index contributed by atoms with van der Waals surface area (Å²) in [5.41, 5.74) is 4.70. The number of halogens is 1. The first kappa shape index (κ1) is 21.2. The zero-order valence-electron chi connectivity index (χ0n) is 17.2. The highest BCUT2D eigenvalue weighted by molar-refractivity contribution is 7.99. The van der Waals surface area contributed by atoms with Crippen LogP contribution in [0, 0.1) is 0 Å². The fourth-order valence-corrected chi connectivity index (χ4v) is 4.28. The Hall–Kier alpha value is -3.68. The highest BCUT2D eigenvalue weighted by atomic mass is 35.5. The molecule has 5 rings (SSSR count). The van der Waals surface area contributed by atoms with Gasteiger partial charge in [0.1, 0.15) is 0 Å². The summed E-state index contributed by atoms with van der Waals surface area (Å²) in [4.78, 5) is 4.79. The molecule has 0 amide bonds. The molecule has 0 atom stereocenters. The van der Waals surface area contributed by atoms with Gasteiger partial charge in [-0.1, -0.05) is 89.2 Å². The summed E-state index contributed by atoms with van der Waals surface area (Å²) < 4.78 is 5.97. The maximum Gasteiger partial charge on any atom is 0.277 e.